The van der Waals surface area contributed by atoms with Crippen LogP contribution in [-0.2, 0) is 16.6 Å². The van der Waals surface area contributed by atoms with Crippen LogP contribution in [-0.4, -0.2) is 40.2 Å². The number of aliphatic hydroxyl groups excluding tert-OH is 1. The molecule has 142 valence electrons. The topological polar surface area (TPSA) is 86.8 Å². The molecule has 27 heavy (non-hydrogen) atoms. The van der Waals surface area contributed by atoms with E-state index in [1.807, 2.05) is 23.1 Å². The minimum Gasteiger partial charge on any atom is -0.506 e. The van der Waals surface area contributed by atoms with Crippen molar-refractivity contribution in [2.24, 2.45) is 5.73 Å². The highest BCUT2D eigenvalue weighted by Gasteiger charge is 2.51. The van der Waals surface area contributed by atoms with Gasteiger partial charge in [-0.1, -0.05) is 41.9 Å². The van der Waals surface area contributed by atoms with Gasteiger partial charge in [-0.2, -0.15) is 0 Å². The van der Waals surface area contributed by atoms with Gasteiger partial charge in [0.15, 0.2) is 0 Å². The van der Waals surface area contributed by atoms with Gasteiger partial charge in [0.25, 0.3) is 0 Å². The van der Waals surface area contributed by atoms with Crippen LogP contribution in [0, 0.1) is 0 Å². The van der Waals surface area contributed by atoms with Crippen molar-refractivity contribution in [3.05, 3.63) is 64.2 Å². The number of halogens is 1. The second-order valence-corrected chi connectivity index (χ2v) is 7.96. The van der Waals surface area contributed by atoms with Gasteiger partial charge in [-0.15, -0.1) is 0 Å². The number of phenols is 1. The molecule has 1 heterocycles. The van der Waals surface area contributed by atoms with Gasteiger partial charge >= 0.3 is 0 Å². The van der Waals surface area contributed by atoms with Gasteiger partial charge in [0, 0.05) is 18.5 Å². The van der Waals surface area contributed by atoms with Gasteiger partial charge in [-0.05, 0) is 41.7 Å². The summed E-state index contributed by atoms with van der Waals surface area (Å²) < 4.78 is 0. The zero-order valence-electron chi connectivity index (χ0n) is 14.9. The van der Waals surface area contributed by atoms with Crippen molar-refractivity contribution < 1.29 is 15.0 Å². The summed E-state index contributed by atoms with van der Waals surface area (Å²) in [5.74, 6) is 0.0367. The first-order valence-corrected chi connectivity index (χ1v) is 9.58. The smallest absolute Gasteiger partial charge is 0.226 e. The van der Waals surface area contributed by atoms with Gasteiger partial charge in [0.1, 0.15) is 5.75 Å². The van der Waals surface area contributed by atoms with Crippen LogP contribution in [0.25, 0.3) is 0 Å². The number of rotatable bonds is 2. The molecule has 1 saturated heterocycles. The lowest BCUT2D eigenvalue weighted by Gasteiger charge is -2.42. The molecule has 1 spiro atoms. The lowest BCUT2D eigenvalue weighted by Crippen LogP contribution is -2.50. The van der Waals surface area contributed by atoms with Gasteiger partial charge in [-0.3, -0.25) is 4.79 Å². The predicted octanol–water partition coefficient (Wildman–Crippen LogP) is 2.52. The molecule has 4 rings (SSSR count). The highest BCUT2D eigenvalue weighted by Crippen LogP contribution is 2.50. The van der Waals surface area contributed by atoms with Crippen LogP contribution in [0.15, 0.2) is 42.5 Å². The Hall–Kier alpha value is -2.08. The molecule has 6 heteroatoms. The van der Waals surface area contributed by atoms with Crippen molar-refractivity contribution in [1.82, 2.24) is 4.90 Å². The standard InChI is InChI=1S/C21H23ClN2O3/c22-16-11-13(5-6-17(16)25)12-18(26)24-9-7-21(8-10-24)15-4-2-1-3-14(15)19(23)20(21)27/h1-6,11,19-20,25,27H,7-10,12,23H2/t19-,20+/m1/s1. The Bertz CT molecular complexity index is 877. The Morgan fingerprint density at radius 2 is 1.93 bits per heavy atom. The zero-order chi connectivity index (χ0) is 19.2. The quantitative estimate of drug-likeness (QED) is 0.740. The Labute approximate surface area is 163 Å². The molecule has 0 bridgehead atoms. The van der Waals surface area contributed by atoms with Crippen molar-refractivity contribution in [3.63, 3.8) is 0 Å². The Morgan fingerprint density at radius 1 is 1.22 bits per heavy atom. The molecule has 0 radical (unpaired) electrons. The van der Waals surface area contributed by atoms with Crippen molar-refractivity contribution in [3.8, 4) is 5.75 Å². The second kappa shape index (κ2) is 6.82. The monoisotopic (exact) mass is 386 g/mol. The third-order valence-electron chi connectivity index (χ3n) is 6.14. The highest BCUT2D eigenvalue weighted by molar-refractivity contribution is 6.32. The first-order valence-electron chi connectivity index (χ1n) is 9.20. The molecule has 1 aliphatic carbocycles. The fourth-order valence-electron chi connectivity index (χ4n) is 4.58. The summed E-state index contributed by atoms with van der Waals surface area (Å²) in [6.07, 6.45) is 1.01. The van der Waals surface area contributed by atoms with Crippen LogP contribution in [0.4, 0.5) is 0 Å². The number of hydrogen-bond acceptors (Lipinski definition) is 4. The number of amides is 1. The number of carbonyl (C=O) groups excluding carboxylic acids is 1. The van der Waals surface area contributed by atoms with Crippen LogP contribution >= 0.6 is 11.6 Å². The van der Waals surface area contributed by atoms with Crippen LogP contribution in [0.2, 0.25) is 5.02 Å². The molecule has 1 aliphatic heterocycles. The minimum atomic E-state index is -0.622. The lowest BCUT2D eigenvalue weighted by molar-refractivity contribution is -0.132. The van der Waals surface area contributed by atoms with E-state index in [2.05, 4.69) is 6.07 Å². The van der Waals surface area contributed by atoms with Crippen molar-refractivity contribution >= 4 is 17.5 Å². The van der Waals surface area contributed by atoms with E-state index >= 15 is 0 Å². The molecule has 1 fully saturated rings. The number of likely N-dealkylation sites (tertiary alicyclic amines) is 1. The maximum absolute atomic E-state index is 12.7. The maximum Gasteiger partial charge on any atom is 0.226 e. The van der Waals surface area contributed by atoms with E-state index in [9.17, 15) is 15.0 Å². The van der Waals surface area contributed by atoms with E-state index in [1.165, 1.54) is 6.07 Å². The van der Waals surface area contributed by atoms with E-state index in [4.69, 9.17) is 17.3 Å². The third kappa shape index (κ3) is 3.00. The average molecular weight is 387 g/mol. The molecular weight excluding hydrogens is 364 g/mol. The van der Waals surface area contributed by atoms with E-state index in [1.54, 1.807) is 12.1 Å². The summed E-state index contributed by atoms with van der Waals surface area (Å²) in [6.45, 7) is 1.17. The van der Waals surface area contributed by atoms with Gasteiger partial charge < -0.3 is 20.8 Å². The molecule has 2 atom stereocenters. The number of carbonyl (C=O) groups is 1. The first kappa shape index (κ1) is 18.3. The molecule has 1 amide bonds. The highest BCUT2D eigenvalue weighted by atomic mass is 35.5. The largest absolute Gasteiger partial charge is 0.506 e. The number of fused-ring (bicyclic) bond motifs is 2. The summed E-state index contributed by atoms with van der Waals surface area (Å²) in [5.41, 5.74) is 8.81. The van der Waals surface area contributed by atoms with Crippen LogP contribution < -0.4 is 5.73 Å². The third-order valence-corrected chi connectivity index (χ3v) is 6.44. The van der Waals surface area contributed by atoms with E-state index in [0.29, 0.717) is 25.9 Å². The van der Waals surface area contributed by atoms with Gasteiger partial charge in [0.05, 0.1) is 23.6 Å². The number of piperidine rings is 1. The normalized spacial score (nSPS) is 23.4. The summed E-state index contributed by atoms with van der Waals surface area (Å²) in [4.78, 5) is 14.5. The number of nitrogens with zero attached hydrogens (tertiary/aromatic N) is 1. The van der Waals surface area contributed by atoms with E-state index < -0.39 is 6.10 Å². The maximum atomic E-state index is 12.7. The minimum absolute atomic E-state index is 0.0120. The SMILES string of the molecule is N[C@@H]1c2ccccc2C2(CCN(C(=O)Cc3ccc(O)c(Cl)c3)CC2)[C@H]1O. The van der Waals surface area contributed by atoms with Crippen LogP contribution in [0.3, 0.4) is 0 Å². The molecule has 0 saturated carbocycles. The van der Waals surface area contributed by atoms with Gasteiger partial charge in [0.2, 0.25) is 5.91 Å². The number of nitrogens with two attached hydrogens (primary N) is 1. The Kier molecular flexibility index (Phi) is 4.62. The fraction of sp³-hybridized carbons (Fsp3) is 0.381. The first-order chi connectivity index (χ1) is 12.9. The van der Waals surface area contributed by atoms with Crippen molar-refractivity contribution in [2.75, 3.05) is 13.1 Å². The summed E-state index contributed by atoms with van der Waals surface area (Å²) in [6, 6.07) is 12.4. The Balaban J connectivity index is 1.47. The molecule has 4 N–H and O–H groups in total. The molecule has 0 unspecified atom stereocenters. The molecule has 2 aliphatic rings. The summed E-state index contributed by atoms with van der Waals surface area (Å²) in [5, 5.41) is 20.6. The summed E-state index contributed by atoms with van der Waals surface area (Å²) in [7, 11) is 0. The fourth-order valence-corrected chi connectivity index (χ4v) is 4.78. The van der Waals surface area contributed by atoms with Crippen molar-refractivity contribution in [2.45, 2.75) is 36.8 Å². The number of phenolic OH excluding ortho intramolecular Hbond substituents is 1. The number of aliphatic hydroxyl groups is 1. The molecule has 2 aromatic carbocycles. The Morgan fingerprint density at radius 3 is 2.63 bits per heavy atom. The zero-order valence-corrected chi connectivity index (χ0v) is 15.7. The van der Waals surface area contributed by atoms with Crippen LogP contribution in [0.1, 0.15) is 35.6 Å². The average Bonchev–Trinajstić information content (AvgIpc) is 2.88. The number of hydrogen-bond donors (Lipinski definition) is 3. The van der Waals surface area contributed by atoms with E-state index in [-0.39, 0.29) is 34.6 Å². The second-order valence-electron chi connectivity index (χ2n) is 7.56. The summed E-state index contributed by atoms with van der Waals surface area (Å²) >= 11 is 5.93. The number of benzene rings is 2. The molecular formula is C21H23ClN2O3. The molecule has 5 nitrogen and oxygen atoms in total. The van der Waals surface area contributed by atoms with Crippen molar-refractivity contribution in [1.29, 1.82) is 0 Å². The predicted molar refractivity (Wildman–Crippen MR) is 104 cm³/mol. The lowest BCUT2D eigenvalue weighted by atomic mass is 9.72. The van der Waals surface area contributed by atoms with Gasteiger partial charge in [-0.25, -0.2) is 0 Å². The number of aromatic hydroxyl groups is 1. The van der Waals surface area contributed by atoms with E-state index in [0.717, 1.165) is 16.7 Å². The van der Waals surface area contributed by atoms with Crippen LogP contribution in [0.5, 0.6) is 5.75 Å². The molecule has 2 aromatic rings. The molecule has 0 aromatic heterocycles.